The Bertz CT molecular complexity index is 708. The average molecular weight is 378 g/mol. The van der Waals surface area contributed by atoms with Gasteiger partial charge in [0.1, 0.15) is 0 Å². The van der Waals surface area contributed by atoms with E-state index < -0.39 is 5.82 Å². The molecular formula is C20H28FN2O2P. The number of allylic oxidation sites excluding steroid dienone is 1. The van der Waals surface area contributed by atoms with E-state index in [0.29, 0.717) is 37.9 Å². The highest BCUT2D eigenvalue weighted by atomic mass is 31.1. The molecule has 2 rings (SSSR count). The number of hydrogen-bond acceptors (Lipinski definition) is 4. The molecule has 0 aliphatic carbocycles. The number of ether oxygens (including phenoxy) is 1. The summed E-state index contributed by atoms with van der Waals surface area (Å²) in [6.07, 6.45) is 4.31. The Kier molecular flexibility index (Phi) is 7.48. The largest absolute Gasteiger partial charge is 0.440 e. The van der Waals surface area contributed by atoms with Crippen LogP contribution in [-0.4, -0.2) is 24.4 Å². The van der Waals surface area contributed by atoms with Gasteiger partial charge in [-0.3, -0.25) is 4.79 Å². The minimum atomic E-state index is -0.397. The summed E-state index contributed by atoms with van der Waals surface area (Å²) < 4.78 is 19.8. The summed E-state index contributed by atoms with van der Waals surface area (Å²) in [6, 6.07) is 4.99. The lowest BCUT2D eigenvalue weighted by atomic mass is 9.91. The van der Waals surface area contributed by atoms with Crippen LogP contribution in [0, 0.1) is 11.2 Å². The van der Waals surface area contributed by atoms with Crippen LogP contribution in [0.5, 0.6) is 5.75 Å². The highest BCUT2D eigenvalue weighted by Gasteiger charge is 2.15. The Morgan fingerprint density at radius 1 is 1.38 bits per heavy atom. The van der Waals surface area contributed by atoms with Gasteiger partial charge >= 0.3 is 0 Å². The van der Waals surface area contributed by atoms with E-state index in [4.69, 9.17) is 4.74 Å². The number of ketones is 1. The van der Waals surface area contributed by atoms with Gasteiger partial charge in [0.15, 0.2) is 23.2 Å². The first-order valence-corrected chi connectivity index (χ1v) is 10.1. The van der Waals surface area contributed by atoms with E-state index in [1.807, 2.05) is 6.07 Å². The lowest BCUT2D eigenvalue weighted by Crippen LogP contribution is -2.17. The molecule has 0 radical (unpaired) electrons. The van der Waals surface area contributed by atoms with Crippen molar-refractivity contribution >= 4 is 20.3 Å². The van der Waals surface area contributed by atoms with Crippen LogP contribution < -0.4 is 10.1 Å². The molecule has 0 saturated heterocycles. The zero-order valence-corrected chi connectivity index (χ0v) is 17.0. The van der Waals surface area contributed by atoms with Crippen molar-refractivity contribution < 1.29 is 13.9 Å². The lowest BCUT2D eigenvalue weighted by Gasteiger charge is -2.17. The van der Waals surface area contributed by atoms with E-state index in [-0.39, 0.29) is 11.5 Å². The van der Waals surface area contributed by atoms with Gasteiger partial charge in [-0.1, -0.05) is 35.4 Å². The van der Waals surface area contributed by atoms with E-state index in [2.05, 4.69) is 31.1 Å². The molecule has 1 heterocycles. The Morgan fingerprint density at radius 3 is 2.73 bits per heavy atom. The molecule has 0 saturated carbocycles. The normalized spacial score (nSPS) is 15.6. The predicted octanol–water partition coefficient (Wildman–Crippen LogP) is 4.64. The van der Waals surface area contributed by atoms with Crippen LogP contribution in [-0.2, 0) is 11.3 Å². The number of halogens is 1. The number of rotatable bonds is 7. The summed E-state index contributed by atoms with van der Waals surface area (Å²) in [4.78, 5) is 15.4. The van der Waals surface area contributed by atoms with Crippen LogP contribution in [0.25, 0.3) is 0 Å². The SMILES string of the molecule is CC(=O)C1=CN=C(Oc2ccc(CNCCCC(C)(C)C)cc2F)CP1. The van der Waals surface area contributed by atoms with E-state index in [1.54, 1.807) is 6.07 Å². The number of hydrogen-bond donors (Lipinski definition) is 1. The van der Waals surface area contributed by atoms with Crippen LogP contribution in [0.15, 0.2) is 34.7 Å². The topological polar surface area (TPSA) is 50.7 Å². The maximum absolute atomic E-state index is 14.3. The summed E-state index contributed by atoms with van der Waals surface area (Å²) in [5.74, 6) is 0.244. The number of aliphatic imine (C=N–C) groups is 1. The van der Waals surface area contributed by atoms with E-state index >= 15 is 0 Å². The number of Topliss-reactive ketones (excluding diaryl/α,β-unsaturated/α-hetero) is 1. The third-order valence-electron chi connectivity index (χ3n) is 3.98. The molecule has 0 fully saturated rings. The second kappa shape index (κ2) is 9.38. The smallest absolute Gasteiger partial charge is 0.199 e. The van der Waals surface area contributed by atoms with Gasteiger partial charge < -0.3 is 10.1 Å². The summed E-state index contributed by atoms with van der Waals surface area (Å²) >= 11 is 0. The number of nitrogens with one attached hydrogen (secondary N) is 1. The third-order valence-corrected chi connectivity index (χ3v) is 5.32. The van der Waals surface area contributed by atoms with Gasteiger partial charge in [0.25, 0.3) is 0 Å². The Morgan fingerprint density at radius 2 is 2.15 bits per heavy atom. The minimum Gasteiger partial charge on any atom is -0.440 e. The molecule has 1 unspecified atom stereocenters. The van der Waals surface area contributed by atoms with E-state index in [1.165, 1.54) is 19.2 Å². The van der Waals surface area contributed by atoms with Gasteiger partial charge in [-0.05, 0) is 49.4 Å². The summed E-state index contributed by atoms with van der Waals surface area (Å²) in [7, 11) is 0.318. The van der Waals surface area contributed by atoms with Crippen LogP contribution in [0.2, 0.25) is 0 Å². The fraction of sp³-hybridized carbons (Fsp3) is 0.500. The first-order valence-electron chi connectivity index (χ1n) is 8.93. The van der Waals surface area contributed by atoms with Crippen LogP contribution >= 0.6 is 8.58 Å². The van der Waals surface area contributed by atoms with E-state index in [0.717, 1.165) is 24.9 Å². The van der Waals surface area contributed by atoms with Crippen LogP contribution in [0.4, 0.5) is 4.39 Å². The van der Waals surface area contributed by atoms with Crippen molar-refractivity contribution in [2.75, 3.05) is 12.7 Å². The molecule has 26 heavy (non-hydrogen) atoms. The second-order valence-electron chi connectivity index (χ2n) is 7.68. The summed E-state index contributed by atoms with van der Waals surface area (Å²) in [5, 5.41) is 4.05. The van der Waals surface area contributed by atoms with Crippen molar-refractivity contribution in [2.24, 2.45) is 10.4 Å². The number of nitrogens with zero attached hydrogens (tertiary/aromatic N) is 1. The first-order chi connectivity index (χ1) is 12.2. The predicted molar refractivity (Wildman–Crippen MR) is 107 cm³/mol. The number of carbonyl (C=O) groups excluding carboxylic acids is 1. The Labute approximate surface area is 157 Å². The monoisotopic (exact) mass is 378 g/mol. The average Bonchev–Trinajstić information content (AvgIpc) is 2.56. The third kappa shape index (κ3) is 6.97. The molecule has 0 bridgehead atoms. The molecule has 4 nitrogen and oxygen atoms in total. The van der Waals surface area contributed by atoms with Crippen molar-refractivity contribution in [3.8, 4) is 5.75 Å². The first kappa shape index (κ1) is 20.7. The second-order valence-corrected chi connectivity index (χ2v) is 8.93. The van der Waals surface area contributed by atoms with Gasteiger partial charge in [-0.25, -0.2) is 9.38 Å². The van der Waals surface area contributed by atoms with Crippen molar-refractivity contribution in [3.63, 3.8) is 0 Å². The summed E-state index contributed by atoms with van der Waals surface area (Å²) in [5.41, 5.74) is 1.23. The molecule has 1 atom stereocenters. The molecule has 0 spiro atoms. The molecule has 1 N–H and O–H groups in total. The maximum atomic E-state index is 14.3. The fourth-order valence-electron chi connectivity index (χ4n) is 2.52. The quantitative estimate of drug-likeness (QED) is 0.555. The molecule has 0 aromatic heterocycles. The highest BCUT2D eigenvalue weighted by Crippen LogP contribution is 2.29. The van der Waals surface area contributed by atoms with Gasteiger partial charge in [0, 0.05) is 24.2 Å². The van der Waals surface area contributed by atoms with Crippen molar-refractivity contribution in [1.29, 1.82) is 0 Å². The molecule has 142 valence electrons. The van der Waals surface area contributed by atoms with Gasteiger partial charge in [0.2, 0.25) is 0 Å². The molecule has 1 aromatic rings. The lowest BCUT2D eigenvalue weighted by molar-refractivity contribution is -0.113. The zero-order chi connectivity index (χ0) is 19.2. The van der Waals surface area contributed by atoms with Gasteiger partial charge in [-0.15, -0.1) is 0 Å². The molecule has 1 aliphatic rings. The summed E-state index contributed by atoms with van der Waals surface area (Å²) in [6.45, 7) is 9.77. The molecule has 0 amide bonds. The molecule has 1 aliphatic heterocycles. The van der Waals surface area contributed by atoms with Crippen LogP contribution in [0.1, 0.15) is 46.1 Å². The Balaban J connectivity index is 1.85. The fourth-order valence-corrected chi connectivity index (χ4v) is 3.43. The zero-order valence-electron chi connectivity index (χ0n) is 16.0. The molecule has 6 heteroatoms. The molecule has 1 aromatic carbocycles. The van der Waals surface area contributed by atoms with Crippen molar-refractivity contribution in [1.82, 2.24) is 5.32 Å². The number of carbonyl (C=O) groups is 1. The molecular weight excluding hydrogens is 350 g/mol. The number of benzene rings is 1. The van der Waals surface area contributed by atoms with E-state index in [9.17, 15) is 9.18 Å². The van der Waals surface area contributed by atoms with Gasteiger partial charge in [0.05, 0.1) is 0 Å². The van der Waals surface area contributed by atoms with Gasteiger partial charge in [-0.2, -0.15) is 0 Å². The highest BCUT2D eigenvalue weighted by molar-refractivity contribution is 7.46. The van der Waals surface area contributed by atoms with Crippen molar-refractivity contribution in [2.45, 2.75) is 47.1 Å². The Hall–Kier alpha value is -1.58. The maximum Gasteiger partial charge on any atom is 0.199 e. The standard InChI is InChI=1S/C20H28FN2O2P/c1-14(24)18-12-23-19(13-26-18)25-17-7-6-15(10-16(17)21)11-22-9-5-8-20(2,3)4/h6-7,10,12,22,26H,5,8-9,11,13H2,1-4H3. The minimum absolute atomic E-state index is 0.0247. The van der Waals surface area contributed by atoms with Crippen LogP contribution in [0.3, 0.4) is 0 Å². The van der Waals surface area contributed by atoms with Crippen molar-refractivity contribution in [3.05, 3.63) is 41.1 Å².